The van der Waals surface area contributed by atoms with Crippen LogP contribution in [0.15, 0.2) is 30.5 Å². The molecule has 1 N–H and O–H groups in total. The zero-order valence-electron chi connectivity index (χ0n) is 13.8. The molecule has 0 saturated carbocycles. The molecule has 0 atom stereocenters. The molecule has 2 rings (SSSR count). The van der Waals surface area contributed by atoms with Crippen molar-refractivity contribution >= 4 is 11.7 Å². The van der Waals surface area contributed by atoms with Gasteiger partial charge in [0.1, 0.15) is 17.2 Å². The Morgan fingerprint density at radius 1 is 1.30 bits per heavy atom. The van der Waals surface area contributed by atoms with Crippen LogP contribution in [-0.4, -0.2) is 35.5 Å². The molecule has 1 aromatic heterocycles. The van der Waals surface area contributed by atoms with Crippen molar-refractivity contribution in [3.8, 4) is 11.4 Å². The molecule has 1 heterocycles. The van der Waals surface area contributed by atoms with E-state index in [0.717, 1.165) is 0 Å². The standard InChI is InChI=1S/C17H21FN4O/c1-5-22(4)16-14(17(23)20-11(2)3)10-19-15(21-16)12-6-8-13(18)9-7-12/h6-11H,5H2,1-4H3,(H,20,23). The molecule has 0 unspecified atom stereocenters. The number of nitrogens with zero attached hydrogens (tertiary/aromatic N) is 3. The summed E-state index contributed by atoms with van der Waals surface area (Å²) in [6.45, 7) is 6.47. The van der Waals surface area contributed by atoms with E-state index in [1.165, 1.54) is 18.3 Å². The number of aromatic nitrogens is 2. The maximum atomic E-state index is 13.1. The molecule has 0 aliphatic heterocycles. The van der Waals surface area contributed by atoms with E-state index in [0.29, 0.717) is 29.3 Å². The lowest BCUT2D eigenvalue weighted by molar-refractivity contribution is 0.0943. The van der Waals surface area contributed by atoms with Crippen LogP contribution in [0.1, 0.15) is 31.1 Å². The number of anilines is 1. The summed E-state index contributed by atoms with van der Waals surface area (Å²) in [6, 6.07) is 5.99. The first-order valence-electron chi connectivity index (χ1n) is 7.57. The van der Waals surface area contributed by atoms with Crippen LogP contribution in [0.5, 0.6) is 0 Å². The molecule has 1 amide bonds. The third kappa shape index (κ3) is 4.03. The Morgan fingerprint density at radius 2 is 1.96 bits per heavy atom. The minimum absolute atomic E-state index is 0.0269. The first-order valence-corrected chi connectivity index (χ1v) is 7.57. The Balaban J connectivity index is 2.45. The maximum Gasteiger partial charge on any atom is 0.256 e. The molecule has 2 aromatic rings. The molecule has 23 heavy (non-hydrogen) atoms. The number of carbonyl (C=O) groups is 1. The summed E-state index contributed by atoms with van der Waals surface area (Å²) in [5, 5.41) is 2.85. The van der Waals surface area contributed by atoms with E-state index < -0.39 is 0 Å². The number of halogens is 1. The maximum absolute atomic E-state index is 13.1. The number of hydrogen-bond donors (Lipinski definition) is 1. The number of benzene rings is 1. The van der Waals surface area contributed by atoms with Crippen molar-refractivity contribution in [2.75, 3.05) is 18.5 Å². The molecule has 0 saturated heterocycles. The summed E-state index contributed by atoms with van der Waals surface area (Å²) < 4.78 is 13.1. The molecule has 0 bridgehead atoms. The average Bonchev–Trinajstić information content (AvgIpc) is 2.53. The van der Waals surface area contributed by atoms with Gasteiger partial charge in [0, 0.05) is 31.4 Å². The van der Waals surface area contributed by atoms with Gasteiger partial charge in [-0.05, 0) is 45.0 Å². The lowest BCUT2D eigenvalue weighted by Crippen LogP contribution is -2.32. The van der Waals surface area contributed by atoms with Gasteiger partial charge in [-0.15, -0.1) is 0 Å². The van der Waals surface area contributed by atoms with Crippen LogP contribution in [0.4, 0.5) is 10.2 Å². The minimum Gasteiger partial charge on any atom is -0.359 e. The van der Waals surface area contributed by atoms with Crippen molar-refractivity contribution < 1.29 is 9.18 Å². The largest absolute Gasteiger partial charge is 0.359 e. The van der Waals surface area contributed by atoms with E-state index in [9.17, 15) is 9.18 Å². The predicted molar refractivity (Wildman–Crippen MR) is 89.0 cm³/mol. The van der Waals surface area contributed by atoms with Crippen LogP contribution in [0.25, 0.3) is 11.4 Å². The van der Waals surface area contributed by atoms with Gasteiger partial charge in [-0.3, -0.25) is 4.79 Å². The molecule has 6 heteroatoms. The molecular weight excluding hydrogens is 295 g/mol. The Labute approximate surface area is 135 Å². The molecule has 0 radical (unpaired) electrons. The van der Waals surface area contributed by atoms with E-state index in [1.807, 2.05) is 32.7 Å². The van der Waals surface area contributed by atoms with Crippen LogP contribution < -0.4 is 10.2 Å². The normalized spacial score (nSPS) is 10.7. The molecule has 0 aliphatic rings. The van der Waals surface area contributed by atoms with Crippen LogP contribution in [0, 0.1) is 5.82 Å². The van der Waals surface area contributed by atoms with Gasteiger partial charge in [-0.1, -0.05) is 0 Å². The van der Waals surface area contributed by atoms with E-state index in [1.54, 1.807) is 12.1 Å². The van der Waals surface area contributed by atoms with Crippen molar-refractivity contribution in [3.05, 3.63) is 41.8 Å². The minimum atomic E-state index is -0.312. The molecule has 5 nitrogen and oxygen atoms in total. The first-order chi connectivity index (χ1) is 10.9. The first kappa shape index (κ1) is 16.9. The summed E-state index contributed by atoms with van der Waals surface area (Å²) >= 11 is 0. The number of carbonyl (C=O) groups excluding carboxylic acids is 1. The fourth-order valence-corrected chi connectivity index (χ4v) is 2.05. The molecule has 1 aromatic carbocycles. The third-order valence-electron chi connectivity index (χ3n) is 3.37. The van der Waals surface area contributed by atoms with Crippen molar-refractivity contribution in [2.24, 2.45) is 0 Å². The highest BCUT2D eigenvalue weighted by Gasteiger charge is 2.18. The number of rotatable bonds is 5. The van der Waals surface area contributed by atoms with Crippen LogP contribution in [-0.2, 0) is 0 Å². The Kier molecular flexibility index (Phi) is 5.26. The average molecular weight is 316 g/mol. The van der Waals surface area contributed by atoms with Gasteiger partial charge in [0.15, 0.2) is 5.82 Å². The summed E-state index contributed by atoms with van der Waals surface area (Å²) in [5.74, 6) is 0.495. The number of amides is 1. The fourth-order valence-electron chi connectivity index (χ4n) is 2.05. The van der Waals surface area contributed by atoms with E-state index in [2.05, 4.69) is 15.3 Å². The van der Waals surface area contributed by atoms with Gasteiger partial charge in [0.2, 0.25) is 0 Å². The second-order valence-electron chi connectivity index (χ2n) is 5.58. The van der Waals surface area contributed by atoms with E-state index in [4.69, 9.17) is 0 Å². The Bertz CT molecular complexity index is 685. The highest BCUT2D eigenvalue weighted by atomic mass is 19.1. The van der Waals surface area contributed by atoms with E-state index in [-0.39, 0.29) is 17.8 Å². The lowest BCUT2D eigenvalue weighted by Gasteiger charge is -2.20. The quantitative estimate of drug-likeness (QED) is 0.921. The highest BCUT2D eigenvalue weighted by Crippen LogP contribution is 2.22. The molecule has 122 valence electrons. The summed E-state index contributed by atoms with van der Waals surface area (Å²) in [7, 11) is 1.86. The lowest BCUT2D eigenvalue weighted by atomic mass is 10.2. The fraction of sp³-hybridized carbons (Fsp3) is 0.353. The molecule has 0 spiro atoms. The zero-order valence-corrected chi connectivity index (χ0v) is 13.8. The summed E-state index contributed by atoms with van der Waals surface area (Å²) in [6.07, 6.45) is 1.52. The van der Waals surface area contributed by atoms with Gasteiger partial charge < -0.3 is 10.2 Å². The second kappa shape index (κ2) is 7.17. The van der Waals surface area contributed by atoms with Gasteiger partial charge >= 0.3 is 0 Å². The Morgan fingerprint density at radius 3 is 2.52 bits per heavy atom. The second-order valence-corrected chi connectivity index (χ2v) is 5.58. The van der Waals surface area contributed by atoms with Crippen LogP contribution in [0.3, 0.4) is 0 Å². The monoisotopic (exact) mass is 316 g/mol. The topological polar surface area (TPSA) is 58.1 Å². The number of hydrogen-bond acceptors (Lipinski definition) is 4. The van der Waals surface area contributed by atoms with Crippen molar-refractivity contribution in [1.82, 2.24) is 15.3 Å². The predicted octanol–water partition coefficient (Wildman–Crippen LogP) is 2.88. The van der Waals surface area contributed by atoms with Crippen LogP contribution >= 0.6 is 0 Å². The summed E-state index contributed by atoms with van der Waals surface area (Å²) in [4.78, 5) is 23.0. The molecule has 0 aliphatic carbocycles. The van der Waals surface area contributed by atoms with E-state index >= 15 is 0 Å². The van der Waals surface area contributed by atoms with Crippen molar-refractivity contribution in [1.29, 1.82) is 0 Å². The molecule has 0 fully saturated rings. The SMILES string of the molecule is CCN(C)c1nc(-c2ccc(F)cc2)ncc1C(=O)NC(C)C. The zero-order chi connectivity index (χ0) is 17.0. The molecular formula is C17H21FN4O. The van der Waals surface area contributed by atoms with Gasteiger partial charge in [-0.2, -0.15) is 0 Å². The van der Waals surface area contributed by atoms with Gasteiger partial charge in [0.05, 0.1) is 0 Å². The van der Waals surface area contributed by atoms with Gasteiger partial charge in [0.25, 0.3) is 5.91 Å². The number of nitrogens with one attached hydrogen (secondary N) is 1. The van der Waals surface area contributed by atoms with Crippen molar-refractivity contribution in [3.63, 3.8) is 0 Å². The summed E-state index contributed by atoms with van der Waals surface area (Å²) in [5.41, 5.74) is 1.13. The smallest absolute Gasteiger partial charge is 0.256 e. The third-order valence-corrected chi connectivity index (χ3v) is 3.37. The highest BCUT2D eigenvalue weighted by molar-refractivity contribution is 5.99. The van der Waals surface area contributed by atoms with Crippen LogP contribution in [0.2, 0.25) is 0 Å². The van der Waals surface area contributed by atoms with Gasteiger partial charge in [-0.25, -0.2) is 14.4 Å². The Hall–Kier alpha value is -2.50. The van der Waals surface area contributed by atoms with Crippen molar-refractivity contribution in [2.45, 2.75) is 26.8 Å².